The number of aliphatic hydroxyl groups is 1. The van der Waals surface area contributed by atoms with Crippen LogP contribution in [0.15, 0.2) is 29.2 Å². The fourth-order valence-corrected chi connectivity index (χ4v) is 3.97. The molecule has 1 fully saturated rings. The van der Waals surface area contributed by atoms with Crippen molar-refractivity contribution in [1.82, 2.24) is 9.97 Å². The summed E-state index contributed by atoms with van der Waals surface area (Å²) >= 11 is 6.18. The maximum atomic E-state index is 11.8. The highest BCUT2D eigenvalue weighted by atomic mass is 35.5. The molecule has 156 valence electrons. The first-order valence-corrected chi connectivity index (χ1v) is 11.3. The lowest BCUT2D eigenvalue weighted by atomic mass is 9.93. The Morgan fingerprint density at radius 3 is 2.52 bits per heavy atom. The van der Waals surface area contributed by atoms with E-state index in [4.69, 9.17) is 17.3 Å². The number of primary amides is 1. The quantitative estimate of drug-likeness (QED) is 0.534. The molecule has 1 aliphatic rings. The maximum Gasteiger partial charge on any atom is 0.271 e. The molecule has 0 aliphatic heterocycles. The van der Waals surface area contributed by atoms with Crippen LogP contribution in [0.2, 0.25) is 5.15 Å². The topological polar surface area (TPSA) is 147 Å². The second-order valence-electron chi connectivity index (χ2n) is 7.00. The lowest BCUT2D eigenvalue weighted by Crippen LogP contribution is -2.29. The molecular weight excluding hydrogens is 418 g/mol. The minimum absolute atomic E-state index is 0.000332. The van der Waals surface area contributed by atoms with Crippen molar-refractivity contribution in [3.63, 3.8) is 0 Å². The van der Waals surface area contributed by atoms with E-state index in [1.54, 1.807) is 12.1 Å². The molecule has 0 radical (unpaired) electrons. The van der Waals surface area contributed by atoms with Gasteiger partial charge in [0.1, 0.15) is 0 Å². The van der Waals surface area contributed by atoms with Crippen LogP contribution < -0.4 is 16.4 Å². The number of sulfone groups is 1. The van der Waals surface area contributed by atoms with Crippen molar-refractivity contribution in [3.8, 4) is 0 Å². The highest BCUT2D eigenvalue weighted by Crippen LogP contribution is 2.28. The Kier molecular flexibility index (Phi) is 6.25. The number of nitrogens with one attached hydrogen (secondary N) is 2. The average molecular weight is 440 g/mol. The van der Waals surface area contributed by atoms with Crippen LogP contribution in [0.5, 0.6) is 0 Å². The van der Waals surface area contributed by atoms with Crippen LogP contribution >= 0.6 is 11.6 Å². The number of rotatable bonds is 6. The third kappa shape index (κ3) is 5.34. The van der Waals surface area contributed by atoms with E-state index >= 15 is 0 Å². The van der Waals surface area contributed by atoms with Crippen LogP contribution in [0.3, 0.4) is 0 Å². The summed E-state index contributed by atoms with van der Waals surface area (Å²) in [4.78, 5) is 20.3. The van der Waals surface area contributed by atoms with Gasteiger partial charge in [0.2, 0.25) is 0 Å². The van der Waals surface area contributed by atoms with Crippen molar-refractivity contribution < 1.29 is 18.3 Å². The largest absolute Gasteiger partial charge is 0.393 e. The zero-order valence-electron chi connectivity index (χ0n) is 15.7. The minimum Gasteiger partial charge on any atom is -0.393 e. The van der Waals surface area contributed by atoms with Crippen molar-refractivity contribution in [2.45, 2.75) is 42.7 Å². The van der Waals surface area contributed by atoms with Gasteiger partial charge in [-0.15, -0.1) is 0 Å². The molecular formula is C18H22ClN5O4S. The number of carbonyl (C=O) groups excluding carboxylic acids is 1. The number of hydrogen-bond donors (Lipinski definition) is 4. The van der Waals surface area contributed by atoms with Gasteiger partial charge in [0, 0.05) is 18.0 Å². The van der Waals surface area contributed by atoms with E-state index in [0.717, 1.165) is 19.1 Å². The van der Waals surface area contributed by atoms with Gasteiger partial charge >= 0.3 is 0 Å². The predicted molar refractivity (Wildman–Crippen MR) is 110 cm³/mol. The van der Waals surface area contributed by atoms with Crippen molar-refractivity contribution in [1.29, 1.82) is 0 Å². The number of amides is 1. The fraction of sp³-hybridized carbons (Fsp3) is 0.389. The van der Waals surface area contributed by atoms with Gasteiger partial charge in [-0.1, -0.05) is 17.7 Å². The third-order valence-electron chi connectivity index (χ3n) is 4.65. The molecule has 29 heavy (non-hydrogen) atoms. The standard InChI is InChI=1S/C18H22ClN5O4S/c1-29(27,28)13-4-2-3-11(9-13)22-17-14(16(20)26)23-15(19)18(24-17)21-10-5-7-12(25)8-6-10/h2-4,9-10,12,25H,5-8H2,1H3,(H2,20,26)(H2,21,22,24)/t10-,12-. The molecule has 0 spiro atoms. The first-order chi connectivity index (χ1) is 13.6. The SMILES string of the molecule is CS(=O)(=O)c1cccc(Nc2nc(N[C@H]3CC[C@H](O)CC3)c(Cl)nc2C(N)=O)c1. The highest BCUT2D eigenvalue weighted by molar-refractivity contribution is 7.90. The first kappa shape index (κ1) is 21.3. The summed E-state index contributed by atoms with van der Waals surface area (Å²) < 4.78 is 23.6. The molecule has 0 unspecified atom stereocenters. The van der Waals surface area contributed by atoms with E-state index < -0.39 is 15.7 Å². The smallest absolute Gasteiger partial charge is 0.271 e. The molecule has 1 saturated carbocycles. The normalized spacial score (nSPS) is 19.6. The lowest BCUT2D eigenvalue weighted by Gasteiger charge is -2.27. The Balaban J connectivity index is 1.91. The number of benzene rings is 1. The number of hydrogen-bond acceptors (Lipinski definition) is 8. The van der Waals surface area contributed by atoms with Crippen molar-refractivity contribution >= 4 is 44.7 Å². The Morgan fingerprint density at radius 1 is 1.21 bits per heavy atom. The Bertz CT molecular complexity index is 1020. The number of nitrogens with two attached hydrogens (primary N) is 1. The first-order valence-electron chi connectivity index (χ1n) is 9.02. The van der Waals surface area contributed by atoms with Crippen LogP contribution in [0.4, 0.5) is 17.3 Å². The molecule has 3 rings (SSSR count). The van der Waals surface area contributed by atoms with Gasteiger partial charge in [0.15, 0.2) is 32.3 Å². The maximum absolute atomic E-state index is 11.8. The van der Waals surface area contributed by atoms with Crippen molar-refractivity contribution in [2.75, 3.05) is 16.9 Å². The zero-order chi connectivity index (χ0) is 21.2. The Morgan fingerprint density at radius 2 is 1.90 bits per heavy atom. The fourth-order valence-electron chi connectivity index (χ4n) is 3.12. The number of carbonyl (C=O) groups is 1. The molecule has 2 aromatic rings. The van der Waals surface area contributed by atoms with E-state index in [-0.39, 0.29) is 39.5 Å². The summed E-state index contributed by atoms with van der Waals surface area (Å²) in [5, 5.41) is 15.7. The number of halogens is 1. The number of nitrogens with zero attached hydrogens (tertiary/aromatic N) is 2. The summed E-state index contributed by atoms with van der Waals surface area (Å²) in [5.74, 6) is -0.487. The van der Waals surface area contributed by atoms with Gasteiger partial charge in [0.25, 0.3) is 5.91 Å². The summed E-state index contributed by atoms with van der Waals surface area (Å²) in [7, 11) is -3.40. The van der Waals surface area contributed by atoms with Crippen LogP contribution in [0.25, 0.3) is 0 Å². The van der Waals surface area contributed by atoms with Gasteiger partial charge in [-0.25, -0.2) is 18.4 Å². The van der Waals surface area contributed by atoms with Gasteiger partial charge in [-0.2, -0.15) is 0 Å². The average Bonchev–Trinajstić information content (AvgIpc) is 2.65. The molecule has 0 saturated heterocycles. The zero-order valence-corrected chi connectivity index (χ0v) is 17.3. The van der Waals surface area contributed by atoms with E-state index in [9.17, 15) is 18.3 Å². The monoisotopic (exact) mass is 439 g/mol. The Labute approximate surface area is 173 Å². The van der Waals surface area contributed by atoms with Crippen LogP contribution in [-0.4, -0.2) is 47.8 Å². The van der Waals surface area contributed by atoms with E-state index in [1.165, 1.54) is 12.1 Å². The molecule has 1 heterocycles. The van der Waals surface area contributed by atoms with Crippen LogP contribution in [0.1, 0.15) is 36.2 Å². The second-order valence-corrected chi connectivity index (χ2v) is 9.37. The molecule has 5 N–H and O–H groups in total. The summed E-state index contributed by atoms with van der Waals surface area (Å²) in [6.45, 7) is 0. The number of aromatic nitrogens is 2. The van der Waals surface area contributed by atoms with E-state index in [0.29, 0.717) is 18.5 Å². The van der Waals surface area contributed by atoms with Gasteiger partial charge in [-0.3, -0.25) is 4.79 Å². The van der Waals surface area contributed by atoms with Crippen molar-refractivity contribution in [3.05, 3.63) is 35.1 Å². The summed E-state index contributed by atoms with van der Waals surface area (Å²) in [6.07, 6.45) is 3.64. The van der Waals surface area contributed by atoms with Crippen LogP contribution in [0, 0.1) is 0 Å². The van der Waals surface area contributed by atoms with E-state index in [1.807, 2.05) is 0 Å². The predicted octanol–water partition coefficient (Wildman–Crippen LogP) is 2.09. The van der Waals surface area contributed by atoms with E-state index in [2.05, 4.69) is 20.6 Å². The minimum atomic E-state index is -3.40. The molecule has 1 aromatic heterocycles. The summed E-state index contributed by atoms with van der Waals surface area (Å²) in [5.41, 5.74) is 5.64. The van der Waals surface area contributed by atoms with Crippen LogP contribution in [-0.2, 0) is 9.84 Å². The highest BCUT2D eigenvalue weighted by Gasteiger charge is 2.23. The molecule has 1 aromatic carbocycles. The summed E-state index contributed by atoms with van der Waals surface area (Å²) in [6, 6.07) is 6.15. The number of anilines is 3. The molecule has 11 heteroatoms. The van der Waals surface area contributed by atoms with Crippen molar-refractivity contribution in [2.24, 2.45) is 5.73 Å². The lowest BCUT2D eigenvalue weighted by molar-refractivity contribution is 0.0996. The van der Waals surface area contributed by atoms with Gasteiger partial charge in [-0.05, 0) is 43.9 Å². The molecule has 0 atom stereocenters. The molecule has 9 nitrogen and oxygen atoms in total. The molecule has 0 bridgehead atoms. The number of aliphatic hydroxyl groups excluding tert-OH is 1. The third-order valence-corrected chi connectivity index (χ3v) is 6.02. The van der Waals surface area contributed by atoms with Gasteiger partial charge in [0.05, 0.1) is 11.0 Å². The second kappa shape index (κ2) is 8.52. The molecule has 1 aliphatic carbocycles. The Hall–Kier alpha value is -2.43. The molecule has 1 amide bonds. The van der Waals surface area contributed by atoms with Gasteiger partial charge < -0.3 is 21.5 Å².